The highest BCUT2D eigenvalue weighted by atomic mass is 79.9. The summed E-state index contributed by atoms with van der Waals surface area (Å²) in [6.07, 6.45) is 1.81. The molecule has 0 heterocycles. The van der Waals surface area contributed by atoms with Gasteiger partial charge >= 0.3 is 0 Å². The number of benzene rings is 1. The summed E-state index contributed by atoms with van der Waals surface area (Å²) >= 11 is 3.49. The first kappa shape index (κ1) is 8.27. The lowest BCUT2D eigenvalue weighted by Crippen LogP contribution is -2.16. The zero-order chi connectivity index (χ0) is 8.77. The first-order chi connectivity index (χ1) is 5.61. The van der Waals surface area contributed by atoms with Crippen LogP contribution in [0.1, 0.15) is 24.5 Å². The van der Waals surface area contributed by atoms with Gasteiger partial charge < -0.3 is 5.11 Å². The minimum atomic E-state index is -0.612. The zero-order valence-electron chi connectivity index (χ0n) is 6.97. The lowest BCUT2D eigenvalue weighted by molar-refractivity contribution is 0.0595. The molecule has 1 aromatic carbocycles. The topological polar surface area (TPSA) is 20.2 Å². The van der Waals surface area contributed by atoms with Crippen molar-refractivity contribution in [2.75, 3.05) is 0 Å². The van der Waals surface area contributed by atoms with E-state index in [0.717, 1.165) is 22.9 Å². The fraction of sp³-hybridized carbons (Fsp3) is 0.400. The van der Waals surface area contributed by atoms with Gasteiger partial charge in [0.1, 0.15) is 0 Å². The zero-order valence-corrected chi connectivity index (χ0v) is 8.56. The van der Waals surface area contributed by atoms with Gasteiger partial charge in [0.25, 0.3) is 0 Å². The number of fused-ring (bicyclic) bond motifs is 1. The maximum atomic E-state index is 9.95. The van der Waals surface area contributed by atoms with E-state index in [2.05, 4.69) is 15.9 Å². The Kier molecular flexibility index (Phi) is 1.77. The Morgan fingerprint density at radius 3 is 2.92 bits per heavy atom. The van der Waals surface area contributed by atoms with Gasteiger partial charge in [-0.05, 0) is 37.0 Å². The summed E-state index contributed by atoms with van der Waals surface area (Å²) in [5.41, 5.74) is 1.73. The van der Waals surface area contributed by atoms with Crippen molar-refractivity contribution in [1.82, 2.24) is 0 Å². The quantitative estimate of drug-likeness (QED) is 0.722. The number of hydrogen-bond donors (Lipinski definition) is 1. The van der Waals surface area contributed by atoms with Crippen LogP contribution in [0.2, 0.25) is 0 Å². The van der Waals surface area contributed by atoms with E-state index in [1.807, 2.05) is 25.1 Å². The molecule has 1 nitrogen and oxygen atoms in total. The third-order valence-corrected chi connectivity index (χ3v) is 3.30. The van der Waals surface area contributed by atoms with Crippen LogP contribution in [0.15, 0.2) is 22.7 Å². The molecule has 0 aliphatic heterocycles. The minimum Gasteiger partial charge on any atom is -0.385 e. The van der Waals surface area contributed by atoms with Gasteiger partial charge in [0.05, 0.1) is 5.60 Å². The fourth-order valence-corrected chi connectivity index (χ4v) is 2.38. The van der Waals surface area contributed by atoms with E-state index >= 15 is 0 Å². The summed E-state index contributed by atoms with van der Waals surface area (Å²) in [6, 6.07) is 6.01. The first-order valence-corrected chi connectivity index (χ1v) is 4.91. The maximum absolute atomic E-state index is 9.95. The van der Waals surface area contributed by atoms with Crippen molar-refractivity contribution in [2.45, 2.75) is 25.4 Å². The fourth-order valence-electron chi connectivity index (χ4n) is 1.82. The highest BCUT2D eigenvalue weighted by molar-refractivity contribution is 9.10. The monoisotopic (exact) mass is 226 g/mol. The largest absolute Gasteiger partial charge is 0.385 e. The Hall–Kier alpha value is -0.340. The van der Waals surface area contributed by atoms with Gasteiger partial charge in [0, 0.05) is 4.47 Å². The molecule has 0 spiro atoms. The number of aliphatic hydroxyl groups is 1. The van der Waals surface area contributed by atoms with E-state index in [-0.39, 0.29) is 0 Å². The third-order valence-electron chi connectivity index (χ3n) is 2.56. The summed E-state index contributed by atoms with van der Waals surface area (Å²) in [7, 11) is 0. The summed E-state index contributed by atoms with van der Waals surface area (Å²) < 4.78 is 1.12. The summed E-state index contributed by atoms with van der Waals surface area (Å²) in [4.78, 5) is 0. The van der Waals surface area contributed by atoms with Crippen LogP contribution in [0.3, 0.4) is 0 Å². The second-order valence-corrected chi connectivity index (χ2v) is 4.39. The lowest BCUT2D eigenvalue weighted by atomic mass is 9.99. The van der Waals surface area contributed by atoms with E-state index < -0.39 is 5.60 Å². The normalized spacial score (nSPS) is 27.2. The molecule has 0 saturated carbocycles. The van der Waals surface area contributed by atoms with Gasteiger partial charge in [0.2, 0.25) is 0 Å². The van der Waals surface area contributed by atoms with E-state index in [0.29, 0.717) is 0 Å². The highest BCUT2D eigenvalue weighted by Gasteiger charge is 2.32. The minimum absolute atomic E-state index is 0.612. The number of halogens is 1. The van der Waals surface area contributed by atoms with Gasteiger partial charge in [-0.3, -0.25) is 0 Å². The van der Waals surface area contributed by atoms with Crippen LogP contribution in [0.4, 0.5) is 0 Å². The van der Waals surface area contributed by atoms with Gasteiger partial charge in [-0.15, -0.1) is 0 Å². The molecular weight excluding hydrogens is 216 g/mol. The second kappa shape index (κ2) is 2.57. The molecule has 0 bridgehead atoms. The van der Waals surface area contributed by atoms with Crippen molar-refractivity contribution in [3.8, 4) is 0 Å². The molecule has 0 amide bonds. The van der Waals surface area contributed by atoms with Crippen LogP contribution in [-0.4, -0.2) is 5.11 Å². The second-order valence-electron chi connectivity index (χ2n) is 3.54. The van der Waals surface area contributed by atoms with E-state index in [1.165, 1.54) is 5.56 Å². The smallest absolute Gasteiger partial charge is 0.0874 e. The summed E-state index contributed by atoms with van der Waals surface area (Å²) in [5, 5.41) is 9.95. The Morgan fingerprint density at radius 2 is 2.25 bits per heavy atom. The molecule has 2 heteroatoms. The Bertz CT molecular complexity index is 318. The van der Waals surface area contributed by atoms with Crippen LogP contribution < -0.4 is 0 Å². The highest BCUT2D eigenvalue weighted by Crippen LogP contribution is 2.39. The van der Waals surface area contributed by atoms with Crippen molar-refractivity contribution >= 4 is 15.9 Å². The van der Waals surface area contributed by atoms with Crippen LogP contribution in [-0.2, 0) is 12.0 Å². The van der Waals surface area contributed by atoms with Crippen LogP contribution >= 0.6 is 15.9 Å². The average molecular weight is 227 g/mol. The SMILES string of the molecule is CC1(O)CCc2c(Br)cccc21. The number of hydrogen-bond acceptors (Lipinski definition) is 1. The molecule has 2 rings (SSSR count). The van der Waals surface area contributed by atoms with Crippen molar-refractivity contribution in [3.63, 3.8) is 0 Å². The Morgan fingerprint density at radius 1 is 1.50 bits per heavy atom. The van der Waals surface area contributed by atoms with Crippen LogP contribution in [0.5, 0.6) is 0 Å². The molecular formula is C10H11BrO. The van der Waals surface area contributed by atoms with E-state index in [4.69, 9.17) is 0 Å². The molecule has 0 aromatic heterocycles. The molecule has 1 atom stereocenters. The maximum Gasteiger partial charge on any atom is 0.0874 e. The summed E-state index contributed by atoms with van der Waals surface area (Å²) in [5.74, 6) is 0. The summed E-state index contributed by atoms with van der Waals surface area (Å²) in [6.45, 7) is 1.88. The van der Waals surface area contributed by atoms with Crippen molar-refractivity contribution < 1.29 is 5.11 Å². The molecule has 12 heavy (non-hydrogen) atoms. The molecule has 1 aliphatic carbocycles. The predicted octanol–water partition coefficient (Wildman–Crippen LogP) is 2.60. The van der Waals surface area contributed by atoms with E-state index in [9.17, 15) is 5.11 Å². The first-order valence-electron chi connectivity index (χ1n) is 4.11. The standard InChI is InChI=1S/C10H11BrO/c1-10(12)6-5-7-8(10)3-2-4-9(7)11/h2-4,12H,5-6H2,1H3. The van der Waals surface area contributed by atoms with Gasteiger partial charge in [-0.2, -0.15) is 0 Å². The molecule has 1 aliphatic rings. The third kappa shape index (κ3) is 1.10. The van der Waals surface area contributed by atoms with Crippen molar-refractivity contribution in [3.05, 3.63) is 33.8 Å². The van der Waals surface area contributed by atoms with Crippen LogP contribution in [0.25, 0.3) is 0 Å². The Labute approximate surface area is 80.5 Å². The molecule has 0 saturated heterocycles. The van der Waals surface area contributed by atoms with Crippen molar-refractivity contribution in [2.24, 2.45) is 0 Å². The molecule has 1 aromatic rings. The number of rotatable bonds is 0. The Balaban J connectivity index is 2.61. The molecule has 0 fully saturated rings. The lowest BCUT2D eigenvalue weighted by Gasteiger charge is -2.17. The van der Waals surface area contributed by atoms with Crippen LogP contribution in [0, 0.1) is 0 Å². The predicted molar refractivity (Wildman–Crippen MR) is 52.0 cm³/mol. The molecule has 1 N–H and O–H groups in total. The van der Waals surface area contributed by atoms with Crippen molar-refractivity contribution in [1.29, 1.82) is 0 Å². The molecule has 64 valence electrons. The van der Waals surface area contributed by atoms with E-state index in [1.54, 1.807) is 0 Å². The van der Waals surface area contributed by atoms with Gasteiger partial charge in [0.15, 0.2) is 0 Å². The molecule has 0 radical (unpaired) electrons. The van der Waals surface area contributed by atoms with Gasteiger partial charge in [-0.1, -0.05) is 28.1 Å². The molecule has 1 unspecified atom stereocenters. The van der Waals surface area contributed by atoms with Gasteiger partial charge in [-0.25, -0.2) is 0 Å². The average Bonchev–Trinajstić information content (AvgIpc) is 2.30.